The highest BCUT2D eigenvalue weighted by atomic mass is 32.2. The van der Waals surface area contributed by atoms with Crippen LogP contribution < -0.4 is 0 Å². The van der Waals surface area contributed by atoms with Gasteiger partial charge >= 0.3 is 5.97 Å². The number of likely N-dealkylation sites (tertiary alicyclic amines) is 1. The van der Waals surface area contributed by atoms with E-state index in [1.165, 1.54) is 28.4 Å². The second-order valence-electron chi connectivity index (χ2n) is 7.30. The lowest BCUT2D eigenvalue weighted by Gasteiger charge is -2.44. The zero-order valence-corrected chi connectivity index (χ0v) is 17.5. The van der Waals surface area contributed by atoms with Gasteiger partial charge in [-0.05, 0) is 25.0 Å². The summed E-state index contributed by atoms with van der Waals surface area (Å²) in [4.78, 5) is 40.0. The summed E-state index contributed by atoms with van der Waals surface area (Å²) in [7, 11) is 0. The van der Waals surface area contributed by atoms with E-state index in [0.717, 1.165) is 6.42 Å². The van der Waals surface area contributed by atoms with Crippen LogP contribution in [0.25, 0.3) is 0 Å². The molecule has 4 atom stereocenters. The number of nitrogens with zero attached hydrogens (tertiary/aromatic N) is 2. The largest absolute Gasteiger partial charge is 0.477 e. The SMILES string of the molecule is CCC(O)C1C(=O)N2C(C(=O)O)=C(SC3CCN(C(=O)c4ccccc4)C3)SC12. The highest BCUT2D eigenvalue weighted by molar-refractivity contribution is 8.23. The molecule has 0 aromatic heterocycles. The molecule has 0 bridgehead atoms. The molecule has 3 heterocycles. The molecule has 2 N–H and O–H groups in total. The summed E-state index contributed by atoms with van der Waals surface area (Å²) >= 11 is 2.78. The van der Waals surface area contributed by atoms with Gasteiger partial charge in [-0.2, -0.15) is 0 Å². The van der Waals surface area contributed by atoms with Crippen molar-refractivity contribution in [2.45, 2.75) is 36.5 Å². The number of carbonyl (C=O) groups is 3. The molecule has 4 rings (SSSR count). The van der Waals surface area contributed by atoms with Gasteiger partial charge in [0.05, 0.1) is 16.3 Å². The van der Waals surface area contributed by atoms with Crippen LogP contribution in [0.5, 0.6) is 0 Å². The summed E-state index contributed by atoms with van der Waals surface area (Å²) < 4.78 is 0.598. The molecular formula is C20H22N2O5S2. The third-order valence-corrected chi connectivity index (χ3v) is 8.36. The Kier molecular flexibility index (Phi) is 5.63. The Morgan fingerprint density at radius 1 is 1.31 bits per heavy atom. The molecule has 0 spiro atoms. The van der Waals surface area contributed by atoms with Crippen LogP contribution in [-0.2, 0) is 9.59 Å². The minimum absolute atomic E-state index is 0.0161. The maximum Gasteiger partial charge on any atom is 0.354 e. The molecule has 154 valence electrons. The zero-order chi connectivity index (χ0) is 20.7. The summed E-state index contributed by atoms with van der Waals surface area (Å²) in [6.45, 7) is 2.96. The number of thioether (sulfide) groups is 2. The van der Waals surface area contributed by atoms with E-state index in [1.54, 1.807) is 24.0 Å². The van der Waals surface area contributed by atoms with E-state index < -0.39 is 18.0 Å². The van der Waals surface area contributed by atoms with Gasteiger partial charge in [-0.15, -0.1) is 11.8 Å². The Hall–Kier alpha value is -1.97. The molecule has 29 heavy (non-hydrogen) atoms. The third kappa shape index (κ3) is 3.55. The van der Waals surface area contributed by atoms with Crippen molar-refractivity contribution in [3.63, 3.8) is 0 Å². The number of aliphatic hydroxyl groups is 1. The number of rotatable bonds is 6. The van der Waals surface area contributed by atoms with Gasteiger partial charge in [-0.1, -0.05) is 36.9 Å². The van der Waals surface area contributed by atoms with Gasteiger partial charge in [0, 0.05) is 23.9 Å². The normalized spacial score (nSPS) is 27.1. The van der Waals surface area contributed by atoms with Crippen LogP contribution in [0.2, 0.25) is 0 Å². The lowest BCUT2D eigenvalue weighted by Crippen LogP contribution is -2.61. The Bertz CT molecular complexity index is 875. The van der Waals surface area contributed by atoms with Crippen molar-refractivity contribution >= 4 is 41.3 Å². The average molecular weight is 435 g/mol. The van der Waals surface area contributed by atoms with E-state index in [2.05, 4.69) is 0 Å². The van der Waals surface area contributed by atoms with Crippen molar-refractivity contribution in [1.29, 1.82) is 0 Å². The lowest BCUT2D eigenvalue weighted by atomic mass is 9.90. The maximum atomic E-state index is 12.6. The molecule has 0 aliphatic carbocycles. The van der Waals surface area contributed by atoms with Crippen molar-refractivity contribution < 1.29 is 24.6 Å². The van der Waals surface area contributed by atoms with Gasteiger partial charge in [0.2, 0.25) is 5.91 Å². The highest BCUT2D eigenvalue weighted by Crippen LogP contribution is 2.55. The van der Waals surface area contributed by atoms with Gasteiger partial charge in [0.1, 0.15) is 5.37 Å². The quantitative estimate of drug-likeness (QED) is 0.662. The number of benzene rings is 1. The number of β-lactam (4-membered cyclic amide) rings is 1. The number of aliphatic carboxylic acids is 1. The minimum Gasteiger partial charge on any atom is -0.477 e. The predicted molar refractivity (Wildman–Crippen MR) is 111 cm³/mol. The van der Waals surface area contributed by atoms with Gasteiger partial charge in [-0.3, -0.25) is 14.5 Å². The fraction of sp³-hybridized carbons (Fsp3) is 0.450. The van der Waals surface area contributed by atoms with Crippen molar-refractivity contribution in [3.05, 3.63) is 45.8 Å². The topological polar surface area (TPSA) is 98.2 Å². The molecule has 0 saturated carbocycles. The first-order valence-electron chi connectivity index (χ1n) is 9.58. The summed E-state index contributed by atoms with van der Waals surface area (Å²) in [5, 5.41) is 19.5. The highest BCUT2D eigenvalue weighted by Gasteiger charge is 2.58. The first-order chi connectivity index (χ1) is 13.9. The first-order valence-corrected chi connectivity index (χ1v) is 11.3. The molecule has 7 nitrogen and oxygen atoms in total. The zero-order valence-electron chi connectivity index (χ0n) is 15.9. The van der Waals surface area contributed by atoms with Gasteiger partial charge in [0.15, 0.2) is 5.70 Å². The number of aliphatic hydroxyl groups excluding tert-OH is 1. The molecule has 0 radical (unpaired) electrons. The van der Waals surface area contributed by atoms with Crippen molar-refractivity contribution in [1.82, 2.24) is 9.80 Å². The van der Waals surface area contributed by atoms with Crippen LogP contribution in [0, 0.1) is 5.92 Å². The molecule has 1 aromatic rings. The monoisotopic (exact) mass is 434 g/mol. The van der Waals surface area contributed by atoms with Crippen LogP contribution in [0.1, 0.15) is 30.1 Å². The van der Waals surface area contributed by atoms with E-state index in [4.69, 9.17) is 0 Å². The Balaban J connectivity index is 1.45. The smallest absolute Gasteiger partial charge is 0.354 e. The van der Waals surface area contributed by atoms with Crippen LogP contribution in [-0.4, -0.2) is 67.6 Å². The Morgan fingerprint density at radius 2 is 2.03 bits per heavy atom. The molecule has 2 fully saturated rings. The van der Waals surface area contributed by atoms with Gasteiger partial charge in [0.25, 0.3) is 5.91 Å². The van der Waals surface area contributed by atoms with E-state index in [0.29, 0.717) is 29.3 Å². The van der Waals surface area contributed by atoms with Crippen LogP contribution in [0.15, 0.2) is 40.3 Å². The molecule has 3 aliphatic heterocycles. The number of amides is 2. The fourth-order valence-corrected chi connectivity index (χ4v) is 7.20. The number of fused-ring (bicyclic) bond motifs is 1. The Labute approximate surface area is 177 Å². The summed E-state index contributed by atoms with van der Waals surface area (Å²) in [6.07, 6.45) is 0.451. The van der Waals surface area contributed by atoms with E-state index in [-0.39, 0.29) is 28.1 Å². The maximum absolute atomic E-state index is 12.6. The second kappa shape index (κ2) is 8.04. The molecule has 2 amide bonds. The minimum atomic E-state index is -1.13. The number of hydrogen-bond acceptors (Lipinski definition) is 6. The number of hydrogen-bond donors (Lipinski definition) is 2. The lowest BCUT2D eigenvalue weighted by molar-refractivity contribution is -0.157. The molecular weight excluding hydrogens is 412 g/mol. The van der Waals surface area contributed by atoms with Crippen molar-refractivity contribution in [2.24, 2.45) is 5.92 Å². The summed E-state index contributed by atoms with van der Waals surface area (Å²) in [5.41, 5.74) is 0.660. The number of carbonyl (C=O) groups excluding carboxylic acids is 2. The van der Waals surface area contributed by atoms with Gasteiger partial charge < -0.3 is 15.1 Å². The van der Waals surface area contributed by atoms with Gasteiger partial charge in [-0.25, -0.2) is 4.79 Å². The Morgan fingerprint density at radius 3 is 2.69 bits per heavy atom. The first kappa shape index (κ1) is 20.3. The average Bonchev–Trinajstić information content (AvgIpc) is 3.31. The summed E-state index contributed by atoms with van der Waals surface area (Å²) in [6, 6.07) is 9.10. The van der Waals surface area contributed by atoms with E-state index in [9.17, 15) is 24.6 Å². The van der Waals surface area contributed by atoms with Crippen molar-refractivity contribution in [2.75, 3.05) is 13.1 Å². The number of carboxylic acids is 1. The standard InChI is InChI=1S/C20H22N2O5S2/c1-2-13(23)14-17(25)22-15(19(26)27)20(29-18(14)22)28-12-8-9-21(10-12)16(24)11-6-4-3-5-7-11/h3-7,12-14,18,23H,2,8-10H2,1H3,(H,26,27). The number of carboxylic acid groups (broad SMARTS) is 1. The third-order valence-electron chi connectivity index (χ3n) is 5.51. The molecule has 4 unspecified atom stereocenters. The van der Waals surface area contributed by atoms with Crippen LogP contribution >= 0.6 is 23.5 Å². The predicted octanol–water partition coefficient (Wildman–Crippen LogP) is 2.19. The van der Waals surface area contributed by atoms with Crippen molar-refractivity contribution in [3.8, 4) is 0 Å². The molecule has 1 aromatic carbocycles. The molecule has 9 heteroatoms. The van der Waals surface area contributed by atoms with E-state index in [1.807, 2.05) is 18.2 Å². The summed E-state index contributed by atoms with van der Waals surface area (Å²) in [5.74, 6) is -2.03. The van der Waals surface area contributed by atoms with Crippen LogP contribution in [0.3, 0.4) is 0 Å². The molecule has 2 saturated heterocycles. The second-order valence-corrected chi connectivity index (χ2v) is 10.0. The fourth-order valence-electron chi connectivity index (χ4n) is 3.92. The molecule has 3 aliphatic rings. The van der Waals surface area contributed by atoms with E-state index >= 15 is 0 Å². The van der Waals surface area contributed by atoms with Crippen LogP contribution in [0.4, 0.5) is 0 Å².